The number of piperidine rings is 1. The Balaban J connectivity index is 1.43. The maximum absolute atomic E-state index is 13.1. The third-order valence-corrected chi connectivity index (χ3v) is 6.02. The molecule has 1 atom stereocenters. The first-order chi connectivity index (χ1) is 12.1. The first-order valence-corrected chi connectivity index (χ1v) is 9.18. The molecular weight excluding hydrogens is 321 g/mol. The van der Waals surface area contributed by atoms with Gasteiger partial charge in [0.05, 0.1) is 5.41 Å². The van der Waals surface area contributed by atoms with Crippen molar-refractivity contribution in [2.24, 2.45) is 11.3 Å². The summed E-state index contributed by atoms with van der Waals surface area (Å²) >= 11 is 0. The van der Waals surface area contributed by atoms with Crippen LogP contribution in [0.1, 0.15) is 37.7 Å². The molecule has 134 valence electrons. The van der Waals surface area contributed by atoms with Crippen molar-refractivity contribution in [2.75, 3.05) is 19.6 Å². The Morgan fingerprint density at radius 3 is 2.88 bits per heavy atom. The summed E-state index contributed by atoms with van der Waals surface area (Å²) in [6.07, 6.45) is 5.89. The van der Waals surface area contributed by atoms with Crippen LogP contribution in [0.15, 0.2) is 24.5 Å². The van der Waals surface area contributed by atoms with Gasteiger partial charge in [0.15, 0.2) is 0 Å². The van der Waals surface area contributed by atoms with Crippen molar-refractivity contribution in [3.05, 3.63) is 30.1 Å². The minimum absolute atomic E-state index is 0.0477. The lowest BCUT2D eigenvalue weighted by Gasteiger charge is -2.42. The second kappa shape index (κ2) is 6.39. The zero-order valence-corrected chi connectivity index (χ0v) is 14.4. The molecule has 0 bridgehead atoms. The van der Waals surface area contributed by atoms with Gasteiger partial charge in [-0.3, -0.25) is 14.6 Å². The molecule has 3 fully saturated rings. The Morgan fingerprint density at radius 1 is 1.32 bits per heavy atom. The van der Waals surface area contributed by atoms with Crippen LogP contribution in [0.4, 0.5) is 4.39 Å². The minimum Gasteiger partial charge on any atom is -0.341 e. The largest absolute Gasteiger partial charge is 0.341 e. The van der Waals surface area contributed by atoms with Crippen molar-refractivity contribution < 1.29 is 14.0 Å². The first kappa shape index (κ1) is 16.5. The smallest absolute Gasteiger partial charge is 0.230 e. The summed E-state index contributed by atoms with van der Waals surface area (Å²) in [7, 11) is 0. The number of carbonyl (C=O) groups is 2. The predicted octanol–water partition coefficient (Wildman–Crippen LogP) is 2.17. The number of hydrogen-bond donors (Lipinski definition) is 0. The van der Waals surface area contributed by atoms with E-state index in [9.17, 15) is 14.0 Å². The highest BCUT2D eigenvalue weighted by molar-refractivity contribution is 5.87. The highest BCUT2D eigenvalue weighted by atomic mass is 19.1. The summed E-state index contributed by atoms with van der Waals surface area (Å²) in [5, 5.41) is 0. The first-order valence-electron chi connectivity index (χ1n) is 9.18. The second-order valence-corrected chi connectivity index (χ2v) is 7.75. The number of alkyl halides is 1. The van der Waals surface area contributed by atoms with Gasteiger partial charge in [0.2, 0.25) is 11.8 Å². The number of halogens is 1. The average molecular weight is 345 g/mol. The molecule has 25 heavy (non-hydrogen) atoms. The van der Waals surface area contributed by atoms with Gasteiger partial charge in [-0.05, 0) is 43.7 Å². The summed E-state index contributed by atoms with van der Waals surface area (Å²) in [4.78, 5) is 33.5. The lowest BCUT2D eigenvalue weighted by molar-refractivity contribution is -0.148. The van der Waals surface area contributed by atoms with Crippen molar-refractivity contribution >= 4 is 11.8 Å². The highest BCUT2D eigenvalue weighted by Crippen LogP contribution is 2.42. The van der Waals surface area contributed by atoms with Crippen molar-refractivity contribution in [1.82, 2.24) is 14.8 Å². The molecule has 0 aromatic carbocycles. The molecule has 1 aliphatic carbocycles. The molecule has 0 N–H and O–H groups in total. The van der Waals surface area contributed by atoms with Crippen LogP contribution in [0.25, 0.3) is 0 Å². The van der Waals surface area contributed by atoms with Gasteiger partial charge >= 0.3 is 0 Å². The molecule has 2 saturated heterocycles. The average Bonchev–Trinajstić information content (AvgIpc) is 2.89. The van der Waals surface area contributed by atoms with Crippen LogP contribution in [0, 0.1) is 11.3 Å². The molecule has 1 spiro atoms. The SMILES string of the molecule is O=C(C1CC(F)C1)N1CCC[C@]2(CCN(Cc3cccnc3)C2=O)C1. The molecule has 3 aliphatic rings. The van der Waals surface area contributed by atoms with E-state index in [1.165, 1.54) is 0 Å². The van der Waals surface area contributed by atoms with E-state index in [0.29, 0.717) is 32.5 Å². The van der Waals surface area contributed by atoms with Gasteiger partial charge in [-0.1, -0.05) is 6.07 Å². The van der Waals surface area contributed by atoms with Crippen LogP contribution < -0.4 is 0 Å². The van der Waals surface area contributed by atoms with Gasteiger partial charge in [-0.25, -0.2) is 4.39 Å². The van der Waals surface area contributed by atoms with Crippen molar-refractivity contribution in [3.63, 3.8) is 0 Å². The van der Waals surface area contributed by atoms with Crippen LogP contribution in [-0.4, -0.2) is 52.4 Å². The molecule has 2 amide bonds. The van der Waals surface area contributed by atoms with Gasteiger partial charge in [-0.15, -0.1) is 0 Å². The predicted molar refractivity (Wildman–Crippen MR) is 90.1 cm³/mol. The Labute approximate surface area is 147 Å². The Kier molecular flexibility index (Phi) is 4.21. The molecule has 6 heteroatoms. The molecule has 4 rings (SSSR count). The summed E-state index contributed by atoms with van der Waals surface area (Å²) in [5.41, 5.74) is 0.592. The molecular formula is C19H24FN3O2. The van der Waals surface area contributed by atoms with E-state index in [2.05, 4.69) is 4.98 Å². The maximum Gasteiger partial charge on any atom is 0.230 e. The van der Waals surface area contributed by atoms with Crippen LogP contribution in [0.5, 0.6) is 0 Å². The molecule has 1 aromatic rings. The second-order valence-electron chi connectivity index (χ2n) is 7.75. The monoisotopic (exact) mass is 345 g/mol. The van der Waals surface area contributed by atoms with Crippen molar-refractivity contribution in [3.8, 4) is 0 Å². The fraction of sp³-hybridized carbons (Fsp3) is 0.632. The van der Waals surface area contributed by atoms with E-state index >= 15 is 0 Å². The van der Waals surface area contributed by atoms with E-state index < -0.39 is 11.6 Å². The van der Waals surface area contributed by atoms with E-state index in [1.54, 1.807) is 12.4 Å². The lowest BCUT2D eigenvalue weighted by Crippen LogP contribution is -2.52. The summed E-state index contributed by atoms with van der Waals surface area (Å²) in [5.74, 6) is 0.0328. The standard InChI is InChI=1S/C19H24FN3O2/c20-16-9-15(10-16)17(24)23-7-2-4-19(13-23)5-8-22(18(19)25)12-14-3-1-6-21-11-14/h1,3,6,11,15-16H,2,4-5,7-10,12-13H2/t15?,16?,19-/m0/s1. The number of nitrogens with zero attached hydrogens (tertiary/aromatic N) is 3. The zero-order chi connectivity index (χ0) is 17.4. The zero-order valence-electron chi connectivity index (χ0n) is 14.4. The summed E-state index contributed by atoms with van der Waals surface area (Å²) in [6, 6.07) is 3.86. The van der Waals surface area contributed by atoms with Crippen LogP contribution in [0.2, 0.25) is 0 Å². The third-order valence-electron chi connectivity index (χ3n) is 6.02. The molecule has 3 heterocycles. The Hall–Kier alpha value is -1.98. The number of pyridine rings is 1. The van der Waals surface area contributed by atoms with Crippen LogP contribution in [0.3, 0.4) is 0 Å². The number of aromatic nitrogens is 1. The van der Waals surface area contributed by atoms with E-state index in [-0.39, 0.29) is 17.7 Å². The number of amides is 2. The number of carbonyl (C=O) groups excluding carboxylic acids is 2. The van der Waals surface area contributed by atoms with Crippen LogP contribution in [-0.2, 0) is 16.1 Å². The van der Waals surface area contributed by atoms with Crippen molar-refractivity contribution in [1.29, 1.82) is 0 Å². The Morgan fingerprint density at radius 2 is 2.16 bits per heavy atom. The molecule has 2 aliphatic heterocycles. The summed E-state index contributed by atoms with van der Waals surface area (Å²) < 4.78 is 13.1. The fourth-order valence-corrected chi connectivity index (χ4v) is 4.46. The lowest BCUT2D eigenvalue weighted by atomic mass is 9.76. The van der Waals surface area contributed by atoms with Gasteiger partial charge in [-0.2, -0.15) is 0 Å². The topological polar surface area (TPSA) is 53.5 Å². The molecule has 1 aromatic heterocycles. The number of hydrogen-bond acceptors (Lipinski definition) is 3. The van der Waals surface area contributed by atoms with Gasteiger partial charge in [0.25, 0.3) is 0 Å². The molecule has 0 unspecified atom stereocenters. The van der Waals surface area contributed by atoms with E-state index in [4.69, 9.17) is 0 Å². The van der Waals surface area contributed by atoms with Gasteiger partial charge < -0.3 is 9.80 Å². The van der Waals surface area contributed by atoms with E-state index in [0.717, 1.165) is 31.4 Å². The van der Waals surface area contributed by atoms with Crippen LogP contribution >= 0.6 is 0 Å². The summed E-state index contributed by atoms with van der Waals surface area (Å²) in [6.45, 7) is 2.51. The normalized spacial score (nSPS) is 32.1. The van der Waals surface area contributed by atoms with Gasteiger partial charge in [0.1, 0.15) is 6.17 Å². The fourth-order valence-electron chi connectivity index (χ4n) is 4.46. The Bertz CT molecular complexity index is 662. The quantitative estimate of drug-likeness (QED) is 0.844. The molecule has 1 saturated carbocycles. The van der Waals surface area contributed by atoms with E-state index in [1.807, 2.05) is 21.9 Å². The molecule has 0 radical (unpaired) electrons. The third kappa shape index (κ3) is 3.02. The van der Waals surface area contributed by atoms with Crippen molar-refractivity contribution in [2.45, 2.75) is 44.8 Å². The maximum atomic E-state index is 13.1. The number of likely N-dealkylation sites (tertiary alicyclic amines) is 2. The highest BCUT2D eigenvalue weighted by Gasteiger charge is 2.50. The minimum atomic E-state index is -0.823. The number of rotatable bonds is 3. The van der Waals surface area contributed by atoms with Gasteiger partial charge in [0, 0.05) is 44.5 Å². The molecule has 5 nitrogen and oxygen atoms in total.